The van der Waals surface area contributed by atoms with Gasteiger partial charge in [0.2, 0.25) is 11.8 Å². The maximum Gasteiger partial charge on any atom is 0.225 e. The summed E-state index contributed by atoms with van der Waals surface area (Å²) in [6, 6.07) is 6.45. The first-order valence-corrected chi connectivity index (χ1v) is 9.43. The molecule has 0 radical (unpaired) electrons. The Kier molecular flexibility index (Phi) is 6.34. The highest BCUT2D eigenvalue weighted by Gasteiger charge is 2.41. The molecule has 2 amide bonds. The monoisotopic (exact) mass is 375 g/mol. The molecule has 1 aromatic carbocycles. The van der Waals surface area contributed by atoms with Crippen LogP contribution in [-0.4, -0.2) is 74.7 Å². The number of aryl methyl sites for hydroxylation is 1. The van der Waals surface area contributed by atoms with Crippen molar-refractivity contribution in [1.29, 1.82) is 0 Å². The van der Waals surface area contributed by atoms with E-state index >= 15 is 0 Å². The number of methoxy groups -OCH3 is 2. The molecule has 1 aromatic rings. The smallest absolute Gasteiger partial charge is 0.225 e. The van der Waals surface area contributed by atoms with Crippen LogP contribution in [0.4, 0.5) is 0 Å². The van der Waals surface area contributed by atoms with Crippen molar-refractivity contribution >= 4 is 11.8 Å². The number of nitrogens with one attached hydrogen (secondary N) is 1. The van der Waals surface area contributed by atoms with E-state index in [-0.39, 0.29) is 23.8 Å². The number of ether oxygens (including phenoxy) is 2. The van der Waals surface area contributed by atoms with Crippen molar-refractivity contribution in [1.82, 2.24) is 15.1 Å². The molecule has 148 valence electrons. The van der Waals surface area contributed by atoms with E-state index in [1.165, 1.54) is 5.56 Å². The molecule has 0 aliphatic carbocycles. The average Bonchev–Trinajstić information content (AvgIpc) is 2.99. The molecule has 1 N–H and O–H groups in total. The topological polar surface area (TPSA) is 71.1 Å². The number of carbonyl (C=O) groups is 2. The molecule has 2 saturated heterocycles. The van der Waals surface area contributed by atoms with Gasteiger partial charge >= 0.3 is 0 Å². The van der Waals surface area contributed by atoms with Crippen LogP contribution >= 0.6 is 0 Å². The van der Waals surface area contributed by atoms with Crippen LogP contribution in [0, 0.1) is 12.8 Å². The number of hydrogen-bond acceptors (Lipinski definition) is 5. The summed E-state index contributed by atoms with van der Waals surface area (Å²) in [5, 5.41) is 2.83. The minimum absolute atomic E-state index is 0.0483. The number of likely N-dealkylation sites (tertiary alicyclic amines) is 2. The van der Waals surface area contributed by atoms with Crippen molar-refractivity contribution in [2.24, 2.45) is 5.92 Å². The molecule has 2 heterocycles. The molecular weight excluding hydrogens is 346 g/mol. The first-order chi connectivity index (χ1) is 13.0. The Labute approximate surface area is 160 Å². The molecule has 2 fully saturated rings. The molecule has 27 heavy (non-hydrogen) atoms. The molecular formula is C20H29N3O4. The average molecular weight is 375 g/mol. The van der Waals surface area contributed by atoms with E-state index in [2.05, 4.69) is 22.3 Å². The molecule has 3 rings (SSSR count). The molecule has 0 aromatic heterocycles. The van der Waals surface area contributed by atoms with E-state index in [0.717, 1.165) is 30.9 Å². The molecule has 0 saturated carbocycles. The zero-order chi connectivity index (χ0) is 19.4. The molecule has 1 atom stereocenters. The molecule has 1 unspecified atom stereocenters. The molecule has 7 nitrogen and oxygen atoms in total. The standard InChI is InChI=1S/C20H29N3O4/c1-14-8-15(4-5-18(14)27-3)10-22-12-17(13-22)23-11-16(9-19(23)24)20(25)21-6-7-26-2/h4-5,8,16-17H,6-7,9-13H2,1-3H3,(H,21,25). The largest absolute Gasteiger partial charge is 0.496 e. The maximum absolute atomic E-state index is 12.3. The van der Waals surface area contributed by atoms with Gasteiger partial charge in [-0.3, -0.25) is 14.5 Å². The number of benzene rings is 1. The zero-order valence-corrected chi connectivity index (χ0v) is 16.4. The summed E-state index contributed by atoms with van der Waals surface area (Å²) in [5.41, 5.74) is 2.37. The fourth-order valence-electron chi connectivity index (χ4n) is 3.85. The lowest BCUT2D eigenvalue weighted by atomic mass is 10.0. The van der Waals surface area contributed by atoms with Gasteiger partial charge in [0.15, 0.2) is 0 Å². The van der Waals surface area contributed by atoms with Crippen LogP contribution in [0.1, 0.15) is 17.5 Å². The molecule has 2 aliphatic rings. The molecule has 2 aliphatic heterocycles. The van der Waals surface area contributed by atoms with Gasteiger partial charge in [-0.15, -0.1) is 0 Å². The van der Waals surface area contributed by atoms with Crippen molar-refractivity contribution in [2.75, 3.05) is 47.0 Å². The maximum atomic E-state index is 12.3. The highest BCUT2D eigenvalue weighted by atomic mass is 16.5. The quantitative estimate of drug-likeness (QED) is 0.681. The van der Waals surface area contributed by atoms with Gasteiger partial charge in [0.25, 0.3) is 0 Å². The predicted octanol–water partition coefficient (Wildman–Crippen LogP) is 0.799. The number of hydrogen-bond donors (Lipinski definition) is 1. The zero-order valence-electron chi connectivity index (χ0n) is 16.4. The van der Waals surface area contributed by atoms with Crippen molar-refractivity contribution in [3.8, 4) is 5.75 Å². The highest BCUT2D eigenvalue weighted by molar-refractivity contribution is 5.89. The third-order valence-corrected chi connectivity index (χ3v) is 5.38. The Morgan fingerprint density at radius 3 is 2.70 bits per heavy atom. The molecule has 0 bridgehead atoms. The number of amides is 2. The minimum Gasteiger partial charge on any atom is -0.496 e. The summed E-state index contributed by atoms with van der Waals surface area (Å²) in [5.74, 6) is 0.699. The second kappa shape index (κ2) is 8.71. The summed E-state index contributed by atoms with van der Waals surface area (Å²) in [4.78, 5) is 28.7. The lowest BCUT2D eigenvalue weighted by molar-refractivity contribution is -0.133. The Bertz CT molecular complexity index is 688. The van der Waals surface area contributed by atoms with Crippen LogP contribution in [0.3, 0.4) is 0 Å². The van der Waals surface area contributed by atoms with Crippen LogP contribution in [0.15, 0.2) is 18.2 Å². The Balaban J connectivity index is 1.46. The first kappa shape index (κ1) is 19.6. The number of rotatable bonds is 8. The normalized spacial score (nSPS) is 20.6. The fraction of sp³-hybridized carbons (Fsp3) is 0.600. The molecule has 0 spiro atoms. The van der Waals surface area contributed by atoms with Gasteiger partial charge in [0.1, 0.15) is 5.75 Å². The summed E-state index contributed by atoms with van der Waals surface area (Å²) >= 11 is 0. The van der Waals surface area contributed by atoms with E-state index in [1.807, 2.05) is 17.9 Å². The van der Waals surface area contributed by atoms with E-state index in [0.29, 0.717) is 26.1 Å². The summed E-state index contributed by atoms with van der Waals surface area (Å²) in [6.07, 6.45) is 0.312. The summed E-state index contributed by atoms with van der Waals surface area (Å²) < 4.78 is 10.2. The summed E-state index contributed by atoms with van der Waals surface area (Å²) in [7, 11) is 3.28. The van der Waals surface area contributed by atoms with Gasteiger partial charge in [-0.1, -0.05) is 12.1 Å². The van der Waals surface area contributed by atoms with Crippen molar-refractivity contribution in [3.05, 3.63) is 29.3 Å². The Morgan fingerprint density at radius 1 is 1.26 bits per heavy atom. The highest BCUT2D eigenvalue weighted by Crippen LogP contribution is 2.27. The van der Waals surface area contributed by atoms with Crippen molar-refractivity contribution in [3.63, 3.8) is 0 Å². The van der Waals surface area contributed by atoms with Crippen LogP contribution in [0.5, 0.6) is 5.75 Å². The second-order valence-electron chi connectivity index (χ2n) is 7.38. The van der Waals surface area contributed by atoms with Gasteiger partial charge in [0.05, 0.1) is 25.7 Å². The van der Waals surface area contributed by atoms with Gasteiger partial charge in [0, 0.05) is 46.3 Å². The lowest BCUT2D eigenvalue weighted by Crippen LogP contribution is -2.59. The number of nitrogens with zero attached hydrogens (tertiary/aromatic N) is 2. The van der Waals surface area contributed by atoms with Crippen LogP contribution in [0.2, 0.25) is 0 Å². The first-order valence-electron chi connectivity index (χ1n) is 9.43. The van der Waals surface area contributed by atoms with E-state index < -0.39 is 0 Å². The van der Waals surface area contributed by atoms with Gasteiger partial charge in [-0.05, 0) is 24.1 Å². The summed E-state index contributed by atoms with van der Waals surface area (Å²) in [6.45, 7) is 6.12. The lowest BCUT2D eigenvalue weighted by Gasteiger charge is -2.44. The van der Waals surface area contributed by atoms with Gasteiger partial charge in [-0.25, -0.2) is 0 Å². The van der Waals surface area contributed by atoms with Crippen molar-refractivity contribution in [2.45, 2.75) is 25.9 Å². The van der Waals surface area contributed by atoms with Crippen molar-refractivity contribution < 1.29 is 19.1 Å². The number of carbonyl (C=O) groups excluding carboxylic acids is 2. The third kappa shape index (κ3) is 4.59. The van der Waals surface area contributed by atoms with E-state index in [4.69, 9.17) is 9.47 Å². The third-order valence-electron chi connectivity index (χ3n) is 5.38. The van der Waals surface area contributed by atoms with Gasteiger partial charge < -0.3 is 19.7 Å². The minimum atomic E-state index is -0.243. The fourth-order valence-corrected chi connectivity index (χ4v) is 3.85. The van der Waals surface area contributed by atoms with Crippen LogP contribution in [0.25, 0.3) is 0 Å². The SMILES string of the molecule is COCCNC(=O)C1CC(=O)N(C2CN(Cc3ccc(OC)c(C)c3)C2)C1. The van der Waals surface area contributed by atoms with E-state index in [1.54, 1.807) is 14.2 Å². The van der Waals surface area contributed by atoms with Crippen LogP contribution in [-0.2, 0) is 20.9 Å². The Hall–Kier alpha value is -2.12. The second-order valence-corrected chi connectivity index (χ2v) is 7.38. The van der Waals surface area contributed by atoms with Gasteiger partial charge in [-0.2, -0.15) is 0 Å². The Morgan fingerprint density at radius 2 is 2.04 bits per heavy atom. The van der Waals surface area contributed by atoms with Crippen LogP contribution < -0.4 is 10.1 Å². The predicted molar refractivity (Wildman–Crippen MR) is 102 cm³/mol. The molecule has 7 heteroatoms. The van der Waals surface area contributed by atoms with E-state index in [9.17, 15) is 9.59 Å².